The molecule has 0 fully saturated rings. The Kier molecular flexibility index (Phi) is 1.15. The highest BCUT2D eigenvalue weighted by molar-refractivity contribution is 8.14. The maximum absolute atomic E-state index is 11.8. The molecule has 1 rings (SSSR count). The van der Waals surface area contributed by atoms with Gasteiger partial charge in [-0.05, 0) is 6.08 Å². The molecule has 1 aliphatic rings. The molecule has 0 amide bonds. The predicted molar refractivity (Wildman–Crippen MR) is 26.7 cm³/mol. The predicted octanol–water partition coefficient (Wildman–Crippen LogP) is 1.11. The van der Waals surface area contributed by atoms with Gasteiger partial charge in [0.1, 0.15) is 0 Å². The zero-order chi connectivity index (χ0) is 5.28. The maximum Gasteiger partial charge on any atom is 0.247 e. The van der Waals surface area contributed by atoms with E-state index in [0.29, 0.717) is 5.75 Å². The summed E-state index contributed by atoms with van der Waals surface area (Å²) in [6, 6.07) is 0. The molecule has 0 aromatic carbocycles. The van der Waals surface area contributed by atoms with Crippen LogP contribution < -0.4 is 0 Å². The SMILES string of the molecule is O=C1SCC=C1F. The Morgan fingerprint density at radius 1 is 1.86 bits per heavy atom. The normalized spacial score (nSPS) is 20.1. The van der Waals surface area contributed by atoms with E-state index in [0.717, 1.165) is 11.8 Å². The molecule has 1 nitrogen and oxygen atoms in total. The Bertz CT molecular complexity index is 130. The van der Waals surface area contributed by atoms with Crippen molar-refractivity contribution in [1.29, 1.82) is 0 Å². The summed E-state index contributed by atoms with van der Waals surface area (Å²) in [4.78, 5) is 10.1. The highest BCUT2D eigenvalue weighted by atomic mass is 32.2. The number of thioether (sulfide) groups is 1. The van der Waals surface area contributed by atoms with E-state index in [2.05, 4.69) is 0 Å². The van der Waals surface area contributed by atoms with Gasteiger partial charge in [0.05, 0.1) is 0 Å². The molecular weight excluding hydrogens is 115 g/mol. The molecule has 1 aliphatic heterocycles. The van der Waals surface area contributed by atoms with Crippen LogP contribution in [0.1, 0.15) is 0 Å². The molecule has 0 N–H and O–H groups in total. The summed E-state index contributed by atoms with van der Waals surface area (Å²) in [5.41, 5.74) is 0. The van der Waals surface area contributed by atoms with Gasteiger partial charge in [-0.1, -0.05) is 11.8 Å². The summed E-state index contributed by atoms with van der Waals surface area (Å²) < 4.78 is 11.8. The number of halogens is 1. The van der Waals surface area contributed by atoms with Crippen molar-refractivity contribution in [1.82, 2.24) is 0 Å². The molecule has 0 atom stereocenters. The third kappa shape index (κ3) is 0.825. The Labute approximate surface area is 44.6 Å². The lowest BCUT2D eigenvalue weighted by Crippen LogP contribution is -1.81. The first-order chi connectivity index (χ1) is 3.30. The van der Waals surface area contributed by atoms with Crippen molar-refractivity contribution in [2.45, 2.75) is 0 Å². The van der Waals surface area contributed by atoms with E-state index in [-0.39, 0.29) is 0 Å². The Hall–Kier alpha value is -0.310. The highest BCUT2D eigenvalue weighted by Crippen LogP contribution is 2.19. The molecule has 3 heteroatoms. The van der Waals surface area contributed by atoms with Crippen LogP contribution in [0.5, 0.6) is 0 Å². The first kappa shape index (κ1) is 4.84. The second kappa shape index (κ2) is 1.66. The maximum atomic E-state index is 11.8. The van der Waals surface area contributed by atoms with Gasteiger partial charge in [-0.15, -0.1) is 0 Å². The van der Waals surface area contributed by atoms with Gasteiger partial charge in [0.25, 0.3) is 0 Å². The van der Waals surface area contributed by atoms with Crippen molar-refractivity contribution in [3.05, 3.63) is 11.9 Å². The number of hydrogen-bond acceptors (Lipinski definition) is 2. The number of carbonyl (C=O) groups excluding carboxylic acids is 1. The van der Waals surface area contributed by atoms with E-state index in [4.69, 9.17) is 0 Å². The average Bonchev–Trinajstić information content (AvgIpc) is 1.91. The molecule has 0 radical (unpaired) electrons. The summed E-state index contributed by atoms with van der Waals surface area (Å²) in [5.74, 6) is -0.0880. The van der Waals surface area contributed by atoms with Gasteiger partial charge in [0.15, 0.2) is 5.83 Å². The van der Waals surface area contributed by atoms with Gasteiger partial charge in [-0.25, -0.2) is 4.39 Å². The smallest absolute Gasteiger partial charge is 0.247 e. The van der Waals surface area contributed by atoms with Crippen molar-refractivity contribution in [3.8, 4) is 0 Å². The van der Waals surface area contributed by atoms with E-state index in [1.165, 1.54) is 6.08 Å². The molecule has 1 heterocycles. The lowest BCUT2D eigenvalue weighted by molar-refractivity contribution is -0.108. The second-order valence-electron chi connectivity index (χ2n) is 1.15. The van der Waals surface area contributed by atoms with Gasteiger partial charge >= 0.3 is 0 Å². The van der Waals surface area contributed by atoms with E-state index in [1.54, 1.807) is 0 Å². The lowest BCUT2D eigenvalue weighted by Gasteiger charge is -1.76. The number of rotatable bonds is 0. The first-order valence-electron chi connectivity index (χ1n) is 1.83. The third-order valence-corrected chi connectivity index (χ3v) is 1.46. The van der Waals surface area contributed by atoms with E-state index in [9.17, 15) is 9.18 Å². The molecule has 0 aromatic heterocycles. The van der Waals surface area contributed by atoms with Gasteiger partial charge in [0.2, 0.25) is 5.12 Å². The first-order valence-corrected chi connectivity index (χ1v) is 2.82. The van der Waals surface area contributed by atoms with Crippen LogP contribution in [-0.2, 0) is 4.79 Å². The fourth-order valence-electron chi connectivity index (χ4n) is 0.343. The van der Waals surface area contributed by atoms with Crippen LogP contribution in [0.2, 0.25) is 0 Å². The highest BCUT2D eigenvalue weighted by Gasteiger charge is 2.13. The summed E-state index contributed by atoms with van der Waals surface area (Å²) in [7, 11) is 0. The van der Waals surface area contributed by atoms with Gasteiger partial charge in [0, 0.05) is 5.75 Å². The zero-order valence-electron chi connectivity index (χ0n) is 3.48. The van der Waals surface area contributed by atoms with Gasteiger partial charge in [-0.2, -0.15) is 0 Å². The van der Waals surface area contributed by atoms with E-state index < -0.39 is 10.9 Å². The molecule has 0 aromatic rings. The van der Waals surface area contributed by atoms with Gasteiger partial charge in [-0.3, -0.25) is 4.79 Å². The molecule has 38 valence electrons. The minimum Gasteiger partial charge on any atom is -0.279 e. The molecule has 0 saturated heterocycles. The Morgan fingerprint density at radius 2 is 2.57 bits per heavy atom. The topological polar surface area (TPSA) is 17.1 Å². The van der Waals surface area contributed by atoms with Crippen LogP contribution in [0.3, 0.4) is 0 Å². The molecular formula is C4H3FOS. The number of hydrogen-bond donors (Lipinski definition) is 0. The molecule has 0 aliphatic carbocycles. The average molecular weight is 118 g/mol. The second-order valence-corrected chi connectivity index (χ2v) is 2.14. The number of carbonyl (C=O) groups is 1. The van der Waals surface area contributed by atoms with Crippen LogP contribution in [0.15, 0.2) is 11.9 Å². The Balaban J connectivity index is 2.72. The molecule has 0 saturated carbocycles. The van der Waals surface area contributed by atoms with Crippen LogP contribution in [0, 0.1) is 0 Å². The third-order valence-electron chi connectivity index (χ3n) is 0.672. The van der Waals surface area contributed by atoms with Crippen LogP contribution in [0.4, 0.5) is 4.39 Å². The van der Waals surface area contributed by atoms with E-state index >= 15 is 0 Å². The van der Waals surface area contributed by atoms with Crippen molar-refractivity contribution < 1.29 is 9.18 Å². The van der Waals surface area contributed by atoms with Crippen LogP contribution >= 0.6 is 11.8 Å². The summed E-state index contributed by atoms with van der Waals surface area (Å²) in [5, 5.41) is -0.431. The fourth-order valence-corrected chi connectivity index (χ4v) is 0.945. The minimum absolute atomic E-state index is 0.431. The minimum atomic E-state index is -0.593. The molecule has 0 unspecified atom stereocenters. The van der Waals surface area contributed by atoms with Gasteiger partial charge < -0.3 is 0 Å². The fraction of sp³-hybridized carbons (Fsp3) is 0.250. The Morgan fingerprint density at radius 3 is 2.71 bits per heavy atom. The standard InChI is InChI=1S/C4H3FOS/c5-3-1-2-7-4(3)6/h1H,2H2. The van der Waals surface area contributed by atoms with Crippen molar-refractivity contribution in [3.63, 3.8) is 0 Å². The van der Waals surface area contributed by atoms with Crippen LogP contribution in [0.25, 0.3) is 0 Å². The van der Waals surface area contributed by atoms with Crippen molar-refractivity contribution in [2.75, 3.05) is 5.75 Å². The van der Waals surface area contributed by atoms with Crippen molar-refractivity contribution in [2.24, 2.45) is 0 Å². The quantitative estimate of drug-likeness (QED) is 0.474. The molecule has 7 heavy (non-hydrogen) atoms. The summed E-state index contributed by atoms with van der Waals surface area (Å²) >= 11 is 0.999. The van der Waals surface area contributed by atoms with E-state index in [1.807, 2.05) is 0 Å². The molecule has 0 spiro atoms. The van der Waals surface area contributed by atoms with Crippen molar-refractivity contribution >= 4 is 16.9 Å². The largest absolute Gasteiger partial charge is 0.279 e. The molecule has 0 bridgehead atoms. The summed E-state index contributed by atoms with van der Waals surface area (Å²) in [6.07, 6.45) is 1.28. The van der Waals surface area contributed by atoms with Crippen LogP contribution in [-0.4, -0.2) is 10.9 Å². The monoisotopic (exact) mass is 118 g/mol. The summed E-state index contributed by atoms with van der Waals surface area (Å²) in [6.45, 7) is 0. The lowest BCUT2D eigenvalue weighted by atomic mass is 10.5. The zero-order valence-corrected chi connectivity index (χ0v) is 4.30.